The first-order valence-electron chi connectivity index (χ1n) is 7.02. The molecule has 0 aliphatic heterocycles. The third-order valence-electron chi connectivity index (χ3n) is 3.47. The Hall–Kier alpha value is -1.32. The molecule has 1 aromatic heterocycles. The Labute approximate surface area is 110 Å². The van der Waals surface area contributed by atoms with E-state index in [9.17, 15) is 0 Å². The van der Waals surface area contributed by atoms with E-state index in [-0.39, 0.29) is 0 Å². The third-order valence-corrected chi connectivity index (χ3v) is 3.47. The van der Waals surface area contributed by atoms with Crippen molar-refractivity contribution in [3.8, 4) is 0 Å². The van der Waals surface area contributed by atoms with E-state index in [2.05, 4.69) is 34.4 Å². The fourth-order valence-corrected chi connectivity index (χ4v) is 2.38. The van der Waals surface area contributed by atoms with Gasteiger partial charge in [0, 0.05) is 25.1 Å². The van der Waals surface area contributed by atoms with Crippen LogP contribution in [0.25, 0.3) is 0 Å². The molecule has 2 rings (SSSR count). The lowest BCUT2D eigenvalue weighted by atomic mass is 9.95. The number of hydrogen-bond donors (Lipinski definition) is 2. The van der Waals surface area contributed by atoms with Gasteiger partial charge in [-0.15, -0.1) is 0 Å². The normalized spacial score (nSPS) is 16.9. The molecule has 2 N–H and O–H groups in total. The van der Waals surface area contributed by atoms with Gasteiger partial charge >= 0.3 is 0 Å². The molecule has 18 heavy (non-hydrogen) atoms. The molecule has 4 nitrogen and oxygen atoms in total. The zero-order chi connectivity index (χ0) is 13.0. The highest BCUT2D eigenvalue weighted by molar-refractivity contribution is 5.48. The van der Waals surface area contributed by atoms with Crippen LogP contribution in [0.3, 0.4) is 0 Å². The van der Waals surface area contributed by atoms with Crippen LogP contribution < -0.4 is 10.6 Å². The Morgan fingerprint density at radius 2 is 1.78 bits per heavy atom. The monoisotopic (exact) mass is 248 g/mol. The van der Waals surface area contributed by atoms with Gasteiger partial charge in [0.15, 0.2) is 0 Å². The molecular weight excluding hydrogens is 224 g/mol. The second-order valence-electron chi connectivity index (χ2n) is 5.38. The summed E-state index contributed by atoms with van der Waals surface area (Å²) in [7, 11) is 1.90. The molecule has 1 fully saturated rings. The molecule has 1 aliphatic rings. The summed E-state index contributed by atoms with van der Waals surface area (Å²) < 4.78 is 0. The molecule has 100 valence electrons. The Balaban J connectivity index is 2.12. The Kier molecular flexibility index (Phi) is 4.39. The van der Waals surface area contributed by atoms with Crippen LogP contribution >= 0.6 is 0 Å². The van der Waals surface area contributed by atoms with Gasteiger partial charge < -0.3 is 10.6 Å². The van der Waals surface area contributed by atoms with Gasteiger partial charge in [-0.3, -0.25) is 0 Å². The number of anilines is 2. The molecule has 0 unspecified atom stereocenters. The van der Waals surface area contributed by atoms with Crippen LogP contribution in [0.15, 0.2) is 6.07 Å². The molecule has 1 heterocycles. The minimum atomic E-state index is 0.352. The summed E-state index contributed by atoms with van der Waals surface area (Å²) in [6.45, 7) is 4.25. The third kappa shape index (κ3) is 3.34. The number of nitrogens with zero attached hydrogens (tertiary/aromatic N) is 2. The largest absolute Gasteiger partial charge is 0.373 e. The van der Waals surface area contributed by atoms with Crippen LogP contribution in [-0.4, -0.2) is 23.1 Å². The van der Waals surface area contributed by atoms with E-state index in [0.717, 1.165) is 17.5 Å². The first kappa shape index (κ1) is 13.1. The smallest absolute Gasteiger partial charge is 0.135 e. The highest BCUT2D eigenvalue weighted by atomic mass is 15.1. The van der Waals surface area contributed by atoms with Crippen molar-refractivity contribution < 1.29 is 0 Å². The van der Waals surface area contributed by atoms with Crippen molar-refractivity contribution in [2.24, 2.45) is 0 Å². The average Bonchev–Trinajstić information content (AvgIpc) is 2.39. The van der Waals surface area contributed by atoms with Gasteiger partial charge in [-0.2, -0.15) is 0 Å². The molecule has 4 heteroatoms. The highest BCUT2D eigenvalue weighted by Gasteiger charge is 2.15. The van der Waals surface area contributed by atoms with Gasteiger partial charge in [-0.05, 0) is 12.8 Å². The van der Waals surface area contributed by atoms with Crippen molar-refractivity contribution in [3.63, 3.8) is 0 Å². The highest BCUT2D eigenvalue weighted by Crippen LogP contribution is 2.23. The number of aromatic nitrogens is 2. The lowest BCUT2D eigenvalue weighted by Crippen LogP contribution is -2.23. The van der Waals surface area contributed by atoms with E-state index in [1.54, 1.807) is 0 Å². The maximum Gasteiger partial charge on any atom is 0.135 e. The van der Waals surface area contributed by atoms with E-state index in [4.69, 9.17) is 0 Å². The first-order chi connectivity index (χ1) is 8.69. The summed E-state index contributed by atoms with van der Waals surface area (Å²) in [4.78, 5) is 9.10. The molecule has 0 aromatic carbocycles. The first-order valence-corrected chi connectivity index (χ1v) is 7.02. The fraction of sp³-hybridized carbons (Fsp3) is 0.714. The van der Waals surface area contributed by atoms with Crippen LogP contribution in [0.1, 0.15) is 57.7 Å². The van der Waals surface area contributed by atoms with Crippen LogP contribution in [0.5, 0.6) is 0 Å². The number of rotatable bonds is 4. The minimum absolute atomic E-state index is 0.352. The molecular formula is C14H24N4. The SMILES string of the molecule is CNc1cc(NC2CCCCC2)nc(C(C)C)n1. The predicted octanol–water partition coefficient (Wildman–Crippen LogP) is 3.39. The summed E-state index contributed by atoms with van der Waals surface area (Å²) in [5.41, 5.74) is 0. The van der Waals surface area contributed by atoms with Gasteiger partial charge in [0.2, 0.25) is 0 Å². The van der Waals surface area contributed by atoms with Gasteiger partial charge in [0.25, 0.3) is 0 Å². The van der Waals surface area contributed by atoms with E-state index >= 15 is 0 Å². The van der Waals surface area contributed by atoms with Crippen molar-refractivity contribution in [1.82, 2.24) is 9.97 Å². The second-order valence-corrected chi connectivity index (χ2v) is 5.38. The molecule has 0 amide bonds. The van der Waals surface area contributed by atoms with Crippen LogP contribution in [0.2, 0.25) is 0 Å². The summed E-state index contributed by atoms with van der Waals surface area (Å²) in [5, 5.41) is 6.67. The Bertz CT molecular complexity index is 383. The van der Waals surface area contributed by atoms with Crippen LogP contribution in [0.4, 0.5) is 11.6 Å². The van der Waals surface area contributed by atoms with Gasteiger partial charge in [0.05, 0.1) is 0 Å². The summed E-state index contributed by atoms with van der Waals surface area (Å²) >= 11 is 0. The fourth-order valence-electron chi connectivity index (χ4n) is 2.38. The van der Waals surface area contributed by atoms with E-state index < -0.39 is 0 Å². The van der Waals surface area contributed by atoms with Crippen molar-refractivity contribution in [3.05, 3.63) is 11.9 Å². The summed E-state index contributed by atoms with van der Waals surface area (Å²) in [6.07, 6.45) is 6.56. The molecule has 0 saturated heterocycles. The zero-order valence-electron chi connectivity index (χ0n) is 11.7. The standard InChI is InChI=1S/C14H24N4/c1-10(2)14-17-12(15-3)9-13(18-14)16-11-7-5-4-6-8-11/h9-11H,4-8H2,1-3H3,(H2,15,16,17,18). The maximum absolute atomic E-state index is 4.61. The molecule has 0 spiro atoms. The van der Waals surface area contributed by atoms with E-state index in [1.807, 2.05) is 13.1 Å². The van der Waals surface area contributed by atoms with E-state index in [1.165, 1.54) is 32.1 Å². The van der Waals surface area contributed by atoms with Gasteiger partial charge in [-0.25, -0.2) is 9.97 Å². The van der Waals surface area contributed by atoms with Gasteiger partial charge in [0.1, 0.15) is 17.5 Å². The van der Waals surface area contributed by atoms with Crippen molar-refractivity contribution in [2.45, 2.75) is 57.9 Å². The summed E-state index contributed by atoms with van der Waals surface area (Å²) in [6, 6.07) is 2.58. The zero-order valence-corrected chi connectivity index (χ0v) is 11.7. The summed E-state index contributed by atoms with van der Waals surface area (Å²) in [5.74, 6) is 3.11. The lowest BCUT2D eigenvalue weighted by Gasteiger charge is -2.23. The van der Waals surface area contributed by atoms with E-state index in [0.29, 0.717) is 12.0 Å². The molecule has 1 saturated carbocycles. The minimum Gasteiger partial charge on any atom is -0.373 e. The second kappa shape index (κ2) is 6.03. The molecule has 0 bridgehead atoms. The van der Waals surface area contributed by atoms with Crippen LogP contribution in [-0.2, 0) is 0 Å². The number of hydrogen-bond acceptors (Lipinski definition) is 4. The molecule has 1 aliphatic carbocycles. The molecule has 0 atom stereocenters. The lowest BCUT2D eigenvalue weighted by molar-refractivity contribution is 0.461. The topological polar surface area (TPSA) is 49.8 Å². The van der Waals surface area contributed by atoms with Crippen molar-refractivity contribution >= 4 is 11.6 Å². The van der Waals surface area contributed by atoms with Crippen LogP contribution in [0, 0.1) is 0 Å². The Morgan fingerprint density at radius 3 is 2.39 bits per heavy atom. The molecule has 0 radical (unpaired) electrons. The van der Waals surface area contributed by atoms with Gasteiger partial charge in [-0.1, -0.05) is 33.1 Å². The quantitative estimate of drug-likeness (QED) is 0.857. The predicted molar refractivity (Wildman–Crippen MR) is 76.2 cm³/mol. The maximum atomic E-state index is 4.61. The average molecular weight is 248 g/mol. The Morgan fingerprint density at radius 1 is 1.11 bits per heavy atom. The van der Waals surface area contributed by atoms with Crippen molar-refractivity contribution in [1.29, 1.82) is 0 Å². The van der Waals surface area contributed by atoms with Crippen molar-refractivity contribution in [2.75, 3.05) is 17.7 Å². The number of nitrogens with one attached hydrogen (secondary N) is 2. The molecule has 1 aromatic rings.